The van der Waals surface area contributed by atoms with Crippen LogP contribution in [0.4, 0.5) is 0 Å². The molecule has 0 radical (unpaired) electrons. The van der Waals surface area contributed by atoms with E-state index in [0.29, 0.717) is 61.0 Å². The first-order valence-corrected chi connectivity index (χ1v) is 12.3. The maximum atomic E-state index is 13.2. The molecule has 1 aromatic carbocycles. The molecular weight excluding hydrogens is 428 g/mol. The van der Waals surface area contributed by atoms with Gasteiger partial charge in [-0.3, -0.25) is 19.2 Å². The number of allylic oxidation sites excluding steroid dienone is 2. The van der Waals surface area contributed by atoms with Gasteiger partial charge in [-0.2, -0.15) is 0 Å². The lowest BCUT2D eigenvalue weighted by atomic mass is 9.80. The molecule has 0 bridgehead atoms. The van der Waals surface area contributed by atoms with Gasteiger partial charge in [-0.15, -0.1) is 0 Å². The number of unbranched alkanes of at least 4 members (excludes halogenated alkanes) is 2. The van der Waals surface area contributed by atoms with Gasteiger partial charge >= 0.3 is 0 Å². The van der Waals surface area contributed by atoms with E-state index in [9.17, 15) is 19.2 Å². The molecule has 34 heavy (non-hydrogen) atoms. The number of carbonyl (C=O) groups excluding carboxylic acids is 4. The fraction of sp³-hybridized carbons (Fsp3) is 0.571. The smallest absolute Gasteiger partial charge is 0.225 e. The Balaban J connectivity index is 2.02. The number of fused-ring (bicyclic) bond motifs is 1. The van der Waals surface area contributed by atoms with E-state index in [0.717, 1.165) is 12.8 Å². The number of amides is 2. The van der Waals surface area contributed by atoms with E-state index < -0.39 is 10.8 Å². The molecule has 0 fully saturated rings. The quantitative estimate of drug-likeness (QED) is 0.471. The first-order chi connectivity index (χ1) is 15.8. The van der Waals surface area contributed by atoms with E-state index in [-0.39, 0.29) is 23.4 Å². The summed E-state index contributed by atoms with van der Waals surface area (Å²) in [5.74, 6) is -0.123. The summed E-state index contributed by atoms with van der Waals surface area (Å²) in [7, 11) is 0. The van der Waals surface area contributed by atoms with Gasteiger partial charge in [-0.25, -0.2) is 0 Å². The lowest BCUT2D eigenvalue weighted by Gasteiger charge is -2.22. The lowest BCUT2D eigenvalue weighted by Crippen LogP contribution is -2.35. The van der Waals surface area contributed by atoms with Crippen LogP contribution in [0.15, 0.2) is 35.4 Å². The van der Waals surface area contributed by atoms with Crippen LogP contribution in [0.3, 0.4) is 0 Å². The molecule has 0 saturated heterocycles. The van der Waals surface area contributed by atoms with Gasteiger partial charge in [0.2, 0.25) is 11.8 Å². The number of nitrogens with one attached hydrogen (secondary N) is 2. The SMILES string of the molecule is CC(C)(C)C(=O)NCCCCC1=C(CCCCNC(=O)C(C)(C)C)C(=O)c2ccccc2C1=O. The number of hydrogen-bond donors (Lipinski definition) is 2. The summed E-state index contributed by atoms with van der Waals surface area (Å²) >= 11 is 0. The number of benzene rings is 1. The van der Waals surface area contributed by atoms with Crippen LogP contribution in [0.5, 0.6) is 0 Å². The highest BCUT2D eigenvalue weighted by Crippen LogP contribution is 2.31. The zero-order valence-electron chi connectivity index (χ0n) is 21.6. The normalized spacial score (nSPS) is 14.2. The maximum absolute atomic E-state index is 13.2. The van der Waals surface area contributed by atoms with Crippen LogP contribution in [-0.4, -0.2) is 36.5 Å². The van der Waals surface area contributed by atoms with E-state index in [1.54, 1.807) is 24.3 Å². The fourth-order valence-corrected chi connectivity index (χ4v) is 3.79. The van der Waals surface area contributed by atoms with Crippen LogP contribution in [-0.2, 0) is 9.59 Å². The molecule has 2 amide bonds. The Morgan fingerprint density at radius 1 is 0.647 bits per heavy atom. The van der Waals surface area contributed by atoms with E-state index in [1.165, 1.54) is 0 Å². The summed E-state index contributed by atoms with van der Waals surface area (Å²) in [6.07, 6.45) is 3.93. The van der Waals surface area contributed by atoms with Crippen molar-refractivity contribution in [3.8, 4) is 0 Å². The van der Waals surface area contributed by atoms with Crippen molar-refractivity contribution in [3.05, 3.63) is 46.5 Å². The molecule has 0 atom stereocenters. The molecule has 1 aromatic rings. The van der Waals surface area contributed by atoms with E-state index in [1.807, 2.05) is 41.5 Å². The fourth-order valence-electron chi connectivity index (χ4n) is 3.79. The summed E-state index contributed by atoms with van der Waals surface area (Å²) < 4.78 is 0. The number of rotatable bonds is 10. The highest BCUT2D eigenvalue weighted by atomic mass is 16.2. The third-order valence-corrected chi connectivity index (χ3v) is 5.97. The van der Waals surface area contributed by atoms with Gasteiger partial charge in [0.15, 0.2) is 11.6 Å². The lowest BCUT2D eigenvalue weighted by molar-refractivity contribution is -0.129. The van der Waals surface area contributed by atoms with Gasteiger partial charge in [0, 0.05) is 46.2 Å². The topological polar surface area (TPSA) is 92.3 Å². The van der Waals surface area contributed by atoms with Crippen LogP contribution in [0.2, 0.25) is 0 Å². The van der Waals surface area contributed by atoms with Crippen molar-refractivity contribution in [2.75, 3.05) is 13.1 Å². The van der Waals surface area contributed by atoms with Crippen molar-refractivity contribution in [1.82, 2.24) is 10.6 Å². The molecule has 1 aliphatic carbocycles. The standard InChI is InChI=1S/C28H40N2O4/c1-27(2,3)25(33)29-17-11-9-15-21-22(16-10-12-18-30-26(34)28(4,5)6)24(32)20-14-8-7-13-19(20)23(21)31/h7-8,13-14H,9-12,15-18H2,1-6H3,(H,29,33)(H,30,34). The Labute approximate surface area is 204 Å². The highest BCUT2D eigenvalue weighted by molar-refractivity contribution is 6.26. The molecule has 0 aromatic heterocycles. The molecule has 0 heterocycles. The van der Waals surface area contributed by atoms with Gasteiger partial charge in [0.25, 0.3) is 0 Å². The zero-order valence-corrected chi connectivity index (χ0v) is 21.6. The summed E-state index contributed by atoms with van der Waals surface area (Å²) in [5, 5.41) is 5.87. The minimum Gasteiger partial charge on any atom is -0.356 e. The van der Waals surface area contributed by atoms with Crippen LogP contribution >= 0.6 is 0 Å². The Morgan fingerprint density at radius 3 is 1.32 bits per heavy atom. The molecule has 2 N–H and O–H groups in total. The molecular formula is C28H40N2O4. The Kier molecular flexibility index (Phi) is 9.37. The van der Waals surface area contributed by atoms with E-state index in [2.05, 4.69) is 10.6 Å². The summed E-state index contributed by atoms with van der Waals surface area (Å²) in [6, 6.07) is 7.01. The minimum atomic E-state index is -0.433. The molecule has 0 saturated carbocycles. The van der Waals surface area contributed by atoms with Crippen molar-refractivity contribution in [2.45, 2.75) is 80.1 Å². The first kappa shape index (κ1) is 27.5. The molecule has 2 rings (SSSR count). The van der Waals surface area contributed by atoms with Crippen molar-refractivity contribution in [1.29, 1.82) is 0 Å². The predicted molar refractivity (Wildman–Crippen MR) is 135 cm³/mol. The molecule has 0 unspecified atom stereocenters. The van der Waals surface area contributed by atoms with Crippen LogP contribution < -0.4 is 10.6 Å². The first-order valence-electron chi connectivity index (χ1n) is 12.3. The predicted octanol–water partition coefficient (Wildman–Crippen LogP) is 5.03. The highest BCUT2D eigenvalue weighted by Gasteiger charge is 2.31. The molecule has 6 nitrogen and oxygen atoms in total. The minimum absolute atomic E-state index is 0.00352. The van der Waals surface area contributed by atoms with Gasteiger partial charge in [-0.05, 0) is 38.5 Å². The monoisotopic (exact) mass is 468 g/mol. The average molecular weight is 469 g/mol. The van der Waals surface area contributed by atoms with Gasteiger partial charge < -0.3 is 10.6 Å². The van der Waals surface area contributed by atoms with Crippen LogP contribution in [0.1, 0.15) is 101 Å². The van der Waals surface area contributed by atoms with Crippen molar-refractivity contribution in [3.63, 3.8) is 0 Å². The van der Waals surface area contributed by atoms with Gasteiger partial charge in [0.1, 0.15) is 0 Å². The number of carbonyl (C=O) groups is 4. The van der Waals surface area contributed by atoms with Crippen LogP contribution in [0, 0.1) is 10.8 Å². The third kappa shape index (κ3) is 7.37. The number of ketones is 2. The van der Waals surface area contributed by atoms with Gasteiger partial charge in [0.05, 0.1) is 0 Å². The molecule has 0 aliphatic heterocycles. The summed E-state index contributed by atoms with van der Waals surface area (Å²) in [5.41, 5.74) is 1.29. The summed E-state index contributed by atoms with van der Waals surface area (Å²) in [6.45, 7) is 12.3. The van der Waals surface area contributed by atoms with Gasteiger partial charge in [-0.1, -0.05) is 65.8 Å². The summed E-state index contributed by atoms with van der Waals surface area (Å²) in [4.78, 5) is 50.5. The second-order valence-electron chi connectivity index (χ2n) is 11.1. The molecule has 1 aliphatic rings. The number of hydrogen-bond acceptors (Lipinski definition) is 4. The van der Waals surface area contributed by atoms with E-state index in [4.69, 9.17) is 0 Å². The molecule has 6 heteroatoms. The largest absolute Gasteiger partial charge is 0.356 e. The Bertz CT molecular complexity index is 884. The van der Waals surface area contributed by atoms with Crippen molar-refractivity contribution in [2.24, 2.45) is 10.8 Å². The van der Waals surface area contributed by atoms with E-state index >= 15 is 0 Å². The Hall–Kier alpha value is -2.76. The second kappa shape index (κ2) is 11.6. The number of Topliss-reactive ketones (excluding diaryl/α,β-unsaturated/α-hetero) is 2. The van der Waals surface area contributed by atoms with Crippen molar-refractivity contribution >= 4 is 23.4 Å². The Morgan fingerprint density at radius 2 is 1.00 bits per heavy atom. The third-order valence-electron chi connectivity index (χ3n) is 5.97. The van der Waals surface area contributed by atoms with Crippen LogP contribution in [0.25, 0.3) is 0 Å². The average Bonchev–Trinajstić information content (AvgIpc) is 2.76. The molecule has 0 spiro atoms. The molecule has 186 valence electrons. The second-order valence-corrected chi connectivity index (χ2v) is 11.1. The maximum Gasteiger partial charge on any atom is 0.225 e. The van der Waals surface area contributed by atoms with Crippen molar-refractivity contribution < 1.29 is 19.2 Å². The zero-order chi connectivity index (χ0) is 25.5.